The smallest absolute Gasteiger partial charge is 0.126 e. The van der Waals surface area contributed by atoms with Crippen LogP contribution in [0.3, 0.4) is 0 Å². The molecule has 3 unspecified atom stereocenters. The predicted molar refractivity (Wildman–Crippen MR) is 33.9 cm³/mol. The van der Waals surface area contributed by atoms with Gasteiger partial charge in [-0.2, -0.15) is 0 Å². The van der Waals surface area contributed by atoms with Crippen LogP contribution in [0.15, 0.2) is 0 Å². The third-order valence-corrected chi connectivity index (χ3v) is 2.00. The molecule has 0 saturated heterocycles. The van der Waals surface area contributed by atoms with Gasteiger partial charge in [-0.15, -0.1) is 0 Å². The molecule has 0 bridgehead atoms. The van der Waals surface area contributed by atoms with Gasteiger partial charge in [0.15, 0.2) is 0 Å². The van der Waals surface area contributed by atoms with Crippen LogP contribution in [0.4, 0.5) is 4.39 Å². The van der Waals surface area contributed by atoms with E-state index in [1.165, 1.54) is 0 Å². The first-order valence-electron chi connectivity index (χ1n) is 3.52. The molecule has 0 aromatic carbocycles. The zero-order chi connectivity index (χ0) is 6.85. The van der Waals surface area contributed by atoms with E-state index < -0.39 is 12.3 Å². The summed E-state index contributed by atoms with van der Waals surface area (Å²) in [6.07, 6.45) is 0.514. The SMILES string of the molecule is CC1CCC(O)C(F)C1. The molecular weight excluding hydrogens is 119 g/mol. The minimum absolute atomic E-state index is 0.461. The van der Waals surface area contributed by atoms with E-state index in [1.807, 2.05) is 6.92 Å². The molecule has 0 radical (unpaired) electrons. The van der Waals surface area contributed by atoms with Crippen LogP contribution < -0.4 is 0 Å². The number of halogens is 1. The fourth-order valence-electron chi connectivity index (χ4n) is 1.30. The molecule has 3 atom stereocenters. The van der Waals surface area contributed by atoms with Crippen molar-refractivity contribution in [3.05, 3.63) is 0 Å². The van der Waals surface area contributed by atoms with Crippen LogP contribution in [-0.4, -0.2) is 17.4 Å². The molecule has 0 heterocycles. The lowest BCUT2D eigenvalue weighted by Crippen LogP contribution is -2.29. The van der Waals surface area contributed by atoms with Crippen molar-refractivity contribution in [3.8, 4) is 0 Å². The Morgan fingerprint density at radius 1 is 1.44 bits per heavy atom. The molecule has 0 aliphatic heterocycles. The molecule has 0 spiro atoms. The van der Waals surface area contributed by atoms with E-state index in [-0.39, 0.29) is 0 Å². The average Bonchev–Trinajstić information content (AvgIpc) is 1.80. The lowest BCUT2D eigenvalue weighted by Gasteiger charge is -2.25. The highest BCUT2D eigenvalue weighted by Crippen LogP contribution is 2.25. The molecule has 0 amide bonds. The molecule has 1 nitrogen and oxygen atoms in total. The van der Waals surface area contributed by atoms with Crippen LogP contribution in [0.2, 0.25) is 0 Å². The fraction of sp³-hybridized carbons (Fsp3) is 1.00. The van der Waals surface area contributed by atoms with Gasteiger partial charge in [0, 0.05) is 0 Å². The van der Waals surface area contributed by atoms with Crippen molar-refractivity contribution in [2.75, 3.05) is 0 Å². The maximum atomic E-state index is 12.6. The van der Waals surface area contributed by atoms with Crippen LogP contribution in [0.5, 0.6) is 0 Å². The average molecular weight is 132 g/mol. The van der Waals surface area contributed by atoms with Crippen LogP contribution in [0.1, 0.15) is 26.2 Å². The van der Waals surface area contributed by atoms with Gasteiger partial charge in [-0.05, 0) is 25.2 Å². The summed E-state index contributed by atoms with van der Waals surface area (Å²) >= 11 is 0. The molecule has 1 fully saturated rings. The van der Waals surface area contributed by atoms with Gasteiger partial charge in [0.25, 0.3) is 0 Å². The molecule has 0 aromatic heterocycles. The second-order valence-corrected chi connectivity index (χ2v) is 3.00. The Labute approximate surface area is 54.9 Å². The Kier molecular flexibility index (Phi) is 2.06. The fourth-order valence-corrected chi connectivity index (χ4v) is 1.30. The first-order chi connectivity index (χ1) is 4.20. The lowest BCUT2D eigenvalue weighted by molar-refractivity contribution is 0.0278. The highest BCUT2D eigenvalue weighted by Gasteiger charge is 2.26. The summed E-state index contributed by atoms with van der Waals surface area (Å²) in [4.78, 5) is 0. The third-order valence-electron chi connectivity index (χ3n) is 2.00. The Balaban J connectivity index is 2.35. The van der Waals surface area contributed by atoms with Gasteiger partial charge >= 0.3 is 0 Å². The summed E-state index contributed by atoms with van der Waals surface area (Å²) in [7, 11) is 0. The number of rotatable bonds is 0. The van der Waals surface area contributed by atoms with Crippen LogP contribution >= 0.6 is 0 Å². The number of hydrogen-bond donors (Lipinski definition) is 1. The minimum Gasteiger partial charge on any atom is -0.390 e. The quantitative estimate of drug-likeness (QED) is 0.529. The summed E-state index contributed by atoms with van der Waals surface area (Å²) in [5.41, 5.74) is 0. The minimum atomic E-state index is -0.964. The highest BCUT2D eigenvalue weighted by molar-refractivity contribution is 4.76. The Bertz CT molecular complexity index is 94.9. The number of hydrogen-bond acceptors (Lipinski definition) is 1. The molecule has 1 rings (SSSR count). The third kappa shape index (κ3) is 1.65. The molecule has 1 saturated carbocycles. The van der Waals surface area contributed by atoms with Crippen LogP contribution in [-0.2, 0) is 0 Å². The van der Waals surface area contributed by atoms with E-state index in [9.17, 15) is 4.39 Å². The van der Waals surface area contributed by atoms with Crippen molar-refractivity contribution in [3.63, 3.8) is 0 Å². The van der Waals surface area contributed by atoms with Gasteiger partial charge in [0.1, 0.15) is 6.17 Å². The van der Waals surface area contributed by atoms with E-state index >= 15 is 0 Å². The van der Waals surface area contributed by atoms with Crippen LogP contribution in [0, 0.1) is 5.92 Å². The Morgan fingerprint density at radius 2 is 2.11 bits per heavy atom. The zero-order valence-electron chi connectivity index (χ0n) is 5.68. The molecular formula is C7H13FO. The van der Waals surface area contributed by atoms with Gasteiger partial charge in [0.05, 0.1) is 6.10 Å². The van der Waals surface area contributed by atoms with E-state index in [0.717, 1.165) is 6.42 Å². The molecule has 9 heavy (non-hydrogen) atoms. The normalized spacial score (nSPS) is 45.0. The monoisotopic (exact) mass is 132 g/mol. The van der Waals surface area contributed by atoms with Crippen molar-refractivity contribution >= 4 is 0 Å². The summed E-state index contributed by atoms with van der Waals surface area (Å²) in [5.74, 6) is 0.461. The number of aliphatic hydroxyl groups excluding tert-OH is 1. The van der Waals surface area contributed by atoms with Gasteiger partial charge in [-0.25, -0.2) is 4.39 Å². The zero-order valence-corrected chi connectivity index (χ0v) is 5.68. The van der Waals surface area contributed by atoms with Gasteiger partial charge in [0.2, 0.25) is 0 Å². The van der Waals surface area contributed by atoms with E-state index in [4.69, 9.17) is 5.11 Å². The van der Waals surface area contributed by atoms with Crippen molar-refractivity contribution in [2.45, 2.75) is 38.5 Å². The molecule has 0 aromatic rings. The first-order valence-corrected chi connectivity index (χ1v) is 3.52. The van der Waals surface area contributed by atoms with Crippen molar-refractivity contribution in [1.82, 2.24) is 0 Å². The maximum Gasteiger partial charge on any atom is 0.126 e. The molecule has 54 valence electrons. The van der Waals surface area contributed by atoms with E-state index in [2.05, 4.69) is 0 Å². The largest absolute Gasteiger partial charge is 0.390 e. The number of aliphatic hydroxyl groups is 1. The van der Waals surface area contributed by atoms with E-state index in [1.54, 1.807) is 0 Å². The summed E-state index contributed by atoms with van der Waals surface area (Å²) < 4.78 is 12.6. The number of alkyl halides is 1. The summed E-state index contributed by atoms with van der Waals surface area (Å²) in [6, 6.07) is 0. The summed E-state index contributed by atoms with van der Waals surface area (Å²) in [5, 5.41) is 8.92. The second-order valence-electron chi connectivity index (χ2n) is 3.00. The lowest BCUT2D eigenvalue weighted by atomic mass is 9.88. The Morgan fingerprint density at radius 3 is 2.56 bits per heavy atom. The standard InChI is InChI=1S/C7H13FO/c1-5-2-3-7(9)6(8)4-5/h5-7,9H,2-4H2,1H3. The van der Waals surface area contributed by atoms with Gasteiger partial charge < -0.3 is 5.11 Å². The van der Waals surface area contributed by atoms with E-state index in [0.29, 0.717) is 18.8 Å². The van der Waals surface area contributed by atoms with Crippen molar-refractivity contribution in [1.29, 1.82) is 0 Å². The second kappa shape index (κ2) is 2.65. The predicted octanol–water partition coefficient (Wildman–Crippen LogP) is 1.51. The van der Waals surface area contributed by atoms with Crippen molar-refractivity contribution < 1.29 is 9.50 Å². The van der Waals surface area contributed by atoms with Gasteiger partial charge in [-0.1, -0.05) is 6.92 Å². The molecule has 1 aliphatic rings. The molecule has 1 aliphatic carbocycles. The van der Waals surface area contributed by atoms with Crippen molar-refractivity contribution in [2.24, 2.45) is 5.92 Å². The Hall–Kier alpha value is -0.110. The topological polar surface area (TPSA) is 20.2 Å². The molecule has 1 N–H and O–H groups in total. The highest BCUT2D eigenvalue weighted by atomic mass is 19.1. The van der Waals surface area contributed by atoms with Gasteiger partial charge in [-0.3, -0.25) is 0 Å². The van der Waals surface area contributed by atoms with Crippen LogP contribution in [0.25, 0.3) is 0 Å². The first kappa shape index (κ1) is 7.00. The summed E-state index contributed by atoms with van der Waals surface area (Å²) in [6.45, 7) is 2.03. The molecule has 2 heteroatoms. The maximum absolute atomic E-state index is 12.6.